The fraction of sp³-hybridized carbons (Fsp3) is 0.0833. The van der Waals surface area contributed by atoms with E-state index in [1.807, 2.05) is 0 Å². The van der Waals surface area contributed by atoms with Gasteiger partial charge in [-0.15, -0.1) is 0 Å². The van der Waals surface area contributed by atoms with E-state index < -0.39 is 15.8 Å². The Bertz CT molecular complexity index is 734. The van der Waals surface area contributed by atoms with E-state index >= 15 is 0 Å². The number of anilines is 2. The second-order valence-corrected chi connectivity index (χ2v) is 5.55. The molecule has 2 aromatic rings. The molecule has 0 bridgehead atoms. The van der Waals surface area contributed by atoms with E-state index in [4.69, 9.17) is 10.5 Å². The minimum atomic E-state index is -3.94. The molecule has 0 aliphatic rings. The van der Waals surface area contributed by atoms with Crippen LogP contribution < -0.4 is 15.2 Å². The third-order valence-corrected chi connectivity index (χ3v) is 3.89. The lowest BCUT2D eigenvalue weighted by Gasteiger charge is -2.10. The van der Waals surface area contributed by atoms with E-state index in [1.54, 1.807) is 0 Å². The highest BCUT2D eigenvalue weighted by atomic mass is 32.2. The highest BCUT2D eigenvalue weighted by Gasteiger charge is 2.17. The molecule has 3 N–H and O–H groups in total. The van der Waals surface area contributed by atoms with Crippen molar-refractivity contribution in [1.29, 1.82) is 0 Å². The molecule has 0 aliphatic carbocycles. The maximum Gasteiger partial charge on any atom is 0.262 e. The highest BCUT2D eigenvalue weighted by Crippen LogP contribution is 2.26. The molecule has 0 unspecified atom stereocenters. The van der Waals surface area contributed by atoms with Gasteiger partial charge in [-0.2, -0.15) is 0 Å². The Kier molecular flexibility index (Phi) is 3.75. The number of hydrogen-bond acceptors (Lipinski definition) is 5. The first-order valence-electron chi connectivity index (χ1n) is 5.50. The molecular formula is C12H12FN3O3S. The van der Waals surface area contributed by atoms with Crippen LogP contribution in [0.3, 0.4) is 0 Å². The topological polar surface area (TPSA) is 94.3 Å². The Morgan fingerprint density at radius 2 is 2.10 bits per heavy atom. The van der Waals surface area contributed by atoms with Crippen molar-refractivity contribution in [2.75, 3.05) is 17.6 Å². The number of rotatable bonds is 4. The molecule has 6 nitrogen and oxygen atoms in total. The van der Waals surface area contributed by atoms with Crippen LogP contribution in [0.1, 0.15) is 0 Å². The lowest BCUT2D eigenvalue weighted by molar-refractivity contribution is 0.416. The number of ether oxygens (including phenoxy) is 1. The minimum Gasteiger partial charge on any atom is -0.495 e. The summed E-state index contributed by atoms with van der Waals surface area (Å²) in [5, 5.41) is 0. The van der Waals surface area contributed by atoms with Crippen LogP contribution in [0, 0.1) is 5.82 Å². The van der Waals surface area contributed by atoms with Gasteiger partial charge in [0.1, 0.15) is 5.75 Å². The number of nitrogens with one attached hydrogen (secondary N) is 1. The molecule has 1 aromatic carbocycles. The van der Waals surface area contributed by atoms with Crippen molar-refractivity contribution in [2.45, 2.75) is 4.90 Å². The summed E-state index contributed by atoms with van der Waals surface area (Å²) < 4.78 is 44.7. The van der Waals surface area contributed by atoms with Crippen LogP contribution >= 0.6 is 0 Å². The molecule has 0 saturated heterocycles. The van der Waals surface area contributed by atoms with Gasteiger partial charge in [-0.25, -0.2) is 12.8 Å². The normalized spacial score (nSPS) is 11.1. The second kappa shape index (κ2) is 5.33. The number of methoxy groups -OCH3 is 1. The standard InChI is InChI=1S/C12H12FN3O3S/c1-19-12-3-2-8(6-10(12)14)20(17,18)16-11-4-5-15-7-9(11)13/h2-7H,14H2,1H3,(H,15,16). The van der Waals surface area contributed by atoms with Gasteiger partial charge in [0.2, 0.25) is 0 Å². The van der Waals surface area contributed by atoms with Crippen molar-refractivity contribution in [3.05, 3.63) is 42.5 Å². The Balaban J connectivity index is 2.36. The summed E-state index contributed by atoms with van der Waals surface area (Å²) in [7, 11) is -2.52. The number of nitrogen functional groups attached to an aromatic ring is 1. The summed E-state index contributed by atoms with van der Waals surface area (Å²) in [5.74, 6) is -0.406. The SMILES string of the molecule is COc1ccc(S(=O)(=O)Nc2ccncc2F)cc1N. The third-order valence-electron chi connectivity index (χ3n) is 2.53. The van der Waals surface area contributed by atoms with E-state index in [2.05, 4.69) is 9.71 Å². The second-order valence-electron chi connectivity index (χ2n) is 3.86. The van der Waals surface area contributed by atoms with Crippen LogP contribution in [0.15, 0.2) is 41.6 Å². The van der Waals surface area contributed by atoms with Gasteiger partial charge in [-0.05, 0) is 24.3 Å². The first kappa shape index (κ1) is 14.1. The largest absolute Gasteiger partial charge is 0.495 e. The number of aromatic nitrogens is 1. The van der Waals surface area contributed by atoms with E-state index in [0.29, 0.717) is 5.75 Å². The first-order valence-corrected chi connectivity index (χ1v) is 6.98. The zero-order chi connectivity index (χ0) is 14.8. The Morgan fingerprint density at radius 1 is 1.35 bits per heavy atom. The lowest BCUT2D eigenvalue weighted by Crippen LogP contribution is -2.14. The monoisotopic (exact) mass is 297 g/mol. The summed E-state index contributed by atoms with van der Waals surface area (Å²) in [6.45, 7) is 0. The zero-order valence-electron chi connectivity index (χ0n) is 10.5. The Morgan fingerprint density at radius 3 is 2.70 bits per heavy atom. The predicted molar refractivity (Wildman–Crippen MR) is 72.4 cm³/mol. The van der Waals surface area contributed by atoms with Crippen LogP contribution in [-0.4, -0.2) is 20.5 Å². The molecule has 0 fully saturated rings. The molecule has 0 amide bonds. The minimum absolute atomic E-state index is 0.0907. The third kappa shape index (κ3) is 2.80. The Labute approximate surface area is 115 Å². The molecule has 2 rings (SSSR count). The van der Waals surface area contributed by atoms with Crippen molar-refractivity contribution in [2.24, 2.45) is 0 Å². The van der Waals surface area contributed by atoms with Gasteiger partial charge in [-0.1, -0.05) is 0 Å². The van der Waals surface area contributed by atoms with Crippen LogP contribution in [0.5, 0.6) is 5.75 Å². The Hall–Kier alpha value is -2.35. The fourth-order valence-electron chi connectivity index (χ4n) is 1.54. The summed E-state index contributed by atoms with van der Waals surface area (Å²) in [6, 6.07) is 5.20. The molecule has 1 aromatic heterocycles. The molecule has 0 aliphatic heterocycles. The molecule has 0 saturated carbocycles. The molecule has 0 spiro atoms. The van der Waals surface area contributed by atoms with Gasteiger partial charge in [0.05, 0.1) is 29.6 Å². The first-order chi connectivity index (χ1) is 9.44. The zero-order valence-corrected chi connectivity index (χ0v) is 11.3. The molecular weight excluding hydrogens is 285 g/mol. The van der Waals surface area contributed by atoms with Gasteiger partial charge in [0.25, 0.3) is 10.0 Å². The summed E-state index contributed by atoms with van der Waals surface area (Å²) in [4.78, 5) is 3.45. The molecule has 0 atom stereocenters. The maximum absolute atomic E-state index is 13.4. The average molecular weight is 297 g/mol. The van der Waals surface area contributed by atoms with Gasteiger partial charge in [-0.3, -0.25) is 9.71 Å². The van der Waals surface area contributed by atoms with E-state index in [9.17, 15) is 12.8 Å². The fourth-order valence-corrected chi connectivity index (χ4v) is 2.64. The number of hydrogen-bond donors (Lipinski definition) is 2. The molecule has 8 heteroatoms. The number of pyridine rings is 1. The summed E-state index contributed by atoms with van der Waals surface area (Å²) in [5.41, 5.74) is 5.64. The van der Waals surface area contributed by atoms with E-state index in [-0.39, 0.29) is 16.3 Å². The molecule has 106 valence electrons. The van der Waals surface area contributed by atoms with Gasteiger partial charge < -0.3 is 10.5 Å². The summed E-state index contributed by atoms with van der Waals surface area (Å²) in [6.07, 6.45) is 2.20. The highest BCUT2D eigenvalue weighted by molar-refractivity contribution is 7.92. The van der Waals surface area contributed by atoms with Crippen LogP contribution in [0.25, 0.3) is 0 Å². The van der Waals surface area contributed by atoms with Gasteiger partial charge in [0, 0.05) is 6.20 Å². The lowest BCUT2D eigenvalue weighted by atomic mass is 10.3. The van der Waals surface area contributed by atoms with Crippen molar-refractivity contribution < 1.29 is 17.5 Å². The van der Waals surface area contributed by atoms with Gasteiger partial charge >= 0.3 is 0 Å². The number of benzene rings is 1. The smallest absolute Gasteiger partial charge is 0.262 e. The predicted octanol–water partition coefficient (Wildman–Crippen LogP) is 1.61. The number of halogens is 1. The number of nitrogens with zero attached hydrogens (tertiary/aromatic N) is 1. The van der Waals surface area contributed by atoms with Crippen LogP contribution in [0.2, 0.25) is 0 Å². The number of nitrogens with two attached hydrogens (primary N) is 1. The van der Waals surface area contributed by atoms with E-state index in [1.165, 1.54) is 37.6 Å². The van der Waals surface area contributed by atoms with E-state index in [0.717, 1.165) is 6.20 Å². The molecule has 20 heavy (non-hydrogen) atoms. The number of sulfonamides is 1. The van der Waals surface area contributed by atoms with Crippen molar-refractivity contribution in [1.82, 2.24) is 4.98 Å². The van der Waals surface area contributed by atoms with Crippen molar-refractivity contribution in [3.63, 3.8) is 0 Å². The quantitative estimate of drug-likeness (QED) is 0.836. The van der Waals surface area contributed by atoms with Crippen LogP contribution in [-0.2, 0) is 10.0 Å². The van der Waals surface area contributed by atoms with Crippen molar-refractivity contribution in [3.8, 4) is 5.75 Å². The maximum atomic E-state index is 13.4. The molecule has 0 radical (unpaired) electrons. The average Bonchev–Trinajstić information content (AvgIpc) is 2.41. The van der Waals surface area contributed by atoms with Crippen LogP contribution in [0.4, 0.5) is 15.8 Å². The molecule has 1 heterocycles. The van der Waals surface area contributed by atoms with Gasteiger partial charge in [0.15, 0.2) is 5.82 Å². The summed E-state index contributed by atoms with van der Waals surface area (Å²) >= 11 is 0. The van der Waals surface area contributed by atoms with Crippen molar-refractivity contribution >= 4 is 21.4 Å².